The normalized spacial score (nSPS) is 10.6. The zero-order valence-electron chi connectivity index (χ0n) is 10.5. The fraction of sp³-hybridized carbons (Fsp3) is 0.364. The summed E-state index contributed by atoms with van der Waals surface area (Å²) < 4.78 is 9.15. The van der Waals surface area contributed by atoms with E-state index in [4.69, 9.17) is 22.7 Å². The average molecular weight is 265 g/mol. The van der Waals surface area contributed by atoms with Gasteiger partial charge in [0.05, 0.1) is 23.7 Å². The van der Waals surface area contributed by atoms with Crippen molar-refractivity contribution >= 4 is 17.2 Å². The Labute approximate surface area is 110 Å². The first-order chi connectivity index (χ1) is 8.52. The van der Waals surface area contributed by atoms with Gasteiger partial charge in [0.1, 0.15) is 4.99 Å². The Morgan fingerprint density at radius 2 is 2.28 bits per heavy atom. The van der Waals surface area contributed by atoms with Crippen LogP contribution in [0.2, 0.25) is 0 Å². The predicted molar refractivity (Wildman–Crippen MR) is 71.8 cm³/mol. The molecule has 6 nitrogen and oxygen atoms in total. The highest BCUT2D eigenvalue weighted by atomic mass is 32.1. The number of rotatable bonds is 4. The van der Waals surface area contributed by atoms with Gasteiger partial charge in [-0.1, -0.05) is 12.2 Å². The van der Waals surface area contributed by atoms with E-state index in [1.54, 1.807) is 22.6 Å². The lowest BCUT2D eigenvalue weighted by atomic mass is 10.2. The predicted octanol–water partition coefficient (Wildman–Crippen LogP) is 1.37. The average Bonchev–Trinajstić information content (AvgIpc) is 2.85. The van der Waals surface area contributed by atoms with E-state index in [0.29, 0.717) is 17.2 Å². The van der Waals surface area contributed by atoms with Crippen molar-refractivity contribution in [2.45, 2.75) is 20.4 Å². The second kappa shape index (κ2) is 4.77. The Kier molecular flexibility index (Phi) is 3.33. The summed E-state index contributed by atoms with van der Waals surface area (Å²) in [5.41, 5.74) is 7.11. The first-order valence-corrected chi connectivity index (χ1v) is 5.97. The van der Waals surface area contributed by atoms with Gasteiger partial charge in [-0.2, -0.15) is 10.2 Å². The molecule has 0 unspecified atom stereocenters. The van der Waals surface area contributed by atoms with Crippen molar-refractivity contribution in [3.8, 4) is 11.6 Å². The first kappa shape index (κ1) is 12.6. The molecule has 2 aromatic heterocycles. The van der Waals surface area contributed by atoms with E-state index >= 15 is 0 Å². The summed E-state index contributed by atoms with van der Waals surface area (Å²) in [5, 5.41) is 8.39. The molecule has 0 aliphatic rings. The SMILES string of the molecule is CCn1cc(Oc2c(C(N)=S)c(C)nn2C)cn1. The van der Waals surface area contributed by atoms with Gasteiger partial charge in [-0.05, 0) is 13.8 Å². The maximum Gasteiger partial charge on any atom is 0.228 e. The highest BCUT2D eigenvalue weighted by Gasteiger charge is 2.18. The molecule has 18 heavy (non-hydrogen) atoms. The van der Waals surface area contributed by atoms with Crippen LogP contribution in [0.3, 0.4) is 0 Å². The second-order valence-electron chi connectivity index (χ2n) is 3.89. The van der Waals surface area contributed by atoms with Gasteiger partial charge in [-0.3, -0.25) is 4.68 Å². The van der Waals surface area contributed by atoms with Crippen LogP contribution >= 0.6 is 12.2 Å². The first-order valence-electron chi connectivity index (χ1n) is 5.56. The molecule has 2 heterocycles. The standard InChI is InChI=1S/C11H15N5OS/c1-4-16-6-8(5-13-16)17-11-9(10(12)18)7(2)14-15(11)3/h5-6H,4H2,1-3H3,(H2,12,18). The van der Waals surface area contributed by atoms with E-state index in [1.165, 1.54) is 0 Å². The molecule has 2 N–H and O–H groups in total. The van der Waals surface area contributed by atoms with Crippen molar-refractivity contribution in [3.63, 3.8) is 0 Å². The summed E-state index contributed by atoms with van der Waals surface area (Å²) in [4.78, 5) is 0.276. The summed E-state index contributed by atoms with van der Waals surface area (Å²) in [6.45, 7) is 4.64. The minimum atomic E-state index is 0.276. The molecule has 7 heteroatoms. The van der Waals surface area contributed by atoms with Gasteiger partial charge in [0.15, 0.2) is 5.75 Å². The van der Waals surface area contributed by atoms with Gasteiger partial charge in [0.2, 0.25) is 5.88 Å². The summed E-state index contributed by atoms with van der Waals surface area (Å²) in [6, 6.07) is 0. The smallest absolute Gasteiger partial charge is 0.228 e. The number of hydrogen-bond donors (Lipinski definition) is 1. The van der Waals surface area contributed by atoms with Gasteiger partial charge in [0, 0.05) is 13.6 Å². The Morgan fingerprint density at radius 3 is 2.83 bits per heavy atom. The van der Waals surface area contributed by atoms with Crippen molar-refractivity contribution in [1.29, 1.82) is 0 Å². The Morgan fingerprint density at radius 1 is 1.56 bits per heavy atom. The third kappa shape index (κ3) is 2.21. The molecule has 2 rings (SSSR count). The van der Waals surface area contributed by atoms with E-state index in [1.807, 2.05) is 20.0 Å². The van der Waals surface area contributed by atoms with E-state index in [0.717, 1.165) is 12.2 Å². The molecule has 0 aliphatic heterocycles. The van der Waals surface area contributed by atoms with Crippen LogP contribution in [0.15, 0.2) is 12.4 Å². The minimum Gasteiger partial charge on any atom is -0.435 e. The number of thiocarbonyl (C=S) groups is 1. The van der Waals surface area contributed by atoms with Crippen LogP contribution in [0.4, 0.5) is 0 Å². The molecular weight excluding hydrogens is 250 g/mol. The Hall–Kier alpha value is -1.89. The fourth-order valence-electron chi connectivity index (χ4n) is 1.72. The lowest BCUT2D eigenvalue weighted by molar-refractivity contribution is 0.429. The van der Waals surface area contributed by atoms with Crippen molar-refractivity contribution in [1.82, 2.24) is 19.6 Å². The van der Waals surface area contributed by atoms with E-state index in [2.05, 4.69) is 10.2 Å². The number of nitrogens with two attached hydrogens (primary N) is 1. The van der Waals surface area contributed by atoms with Crippen molar-refractivity contribution in [3.05, 3.63) is 23.7 Å². The molecule has 0 spiro atoms. The van der Waals surface area contributed by atoms with Gasteiger partial charge >= 0.3 is 0 Å². The van der Waals surface area contributed by atoms with Crippen LogP contribution in [0.5, 0.6) is 11.6 Å². The van der Waals surface area contributed by atoms with Gasteiger partial charge in [0.25, 0.3) is 0 Å². The quantitative estimate of drug-likeness (QED) is 0.845. The fourth-order valence-corrected chi connectivity index (χ4v) is 1.95. The third-order valence-electron chi connectivity index (χ3n) is 2.56. The van der Waals surface area contributed by atoms with Crippen LogP contribution in [0.1, 0.15) is 18.2 Å². The molecular formula is C11H15N5OS. The van der Waals surface area contributed by atoms with Crippen molar-refractivity contribution < 1.29 is 4.74 Å². The van der Waals surface area contributed by atoms with Crippen molar-refractivity contribution in [2.24, 2.45) is 12.8 Å². The molecule has 0 radical (unpaired) electrons. The molecule has 0 saturated carbocycles. The summed E-state index contributed by atoms with van der Waals surface area (Å²) in [7, 11) is 1.79. The highest BCUT2D eigenvalue weighted by Crippen LogP contribution is 2.26. The highest BCUT2D eigenvalue weighted by molar-refractivity contribution is 7.80. The largest absolute Gasteiger partial charge is 0.435 e. The van der Waals surface area contributed by atoms with Crippen LogP contribution in [0, 0.1) is 6.92 Å². The number of aromatic nitrogens is 4. The zero-order valence-corrected chi connectivity index (χ0v) is 11.4. The van der Waals surface area contributed by atoms with Gasteiger partial charge in [-0.25, -0.2) is 4.68 Å². The lowest BCUT2D eigenvalue weighted by Crippen LogP contribution is -2.11. The van der Waals surface area contributed by atoms with Gasteiger partial charge in [-0.15, -0.1) is 0 Å². The zero-order chi connectivity index (χ0) is 13.3. The molecule has 0 bridgehead atoms. The van der Waals surface area contributed by atoms with E-state index in [9.17, 15) is 0 Å². The summed E-state index contributed by atoms with van der Waals surface area (Å²) in [6.07, 6.45) is 3.46. The Balaban J connectivity index is 2.36. The minimum absolute atomic E-state index is 0.276. The van der Waals surface area contributed by atoms with Gasteiger partial charge < -0.3 is 10.5 Å². The van der Waals surface area contributed by atoms with Crippen LogP contribution in [0.25, 0.3) is 0 Å². The molecule has 2 aromatic rings. The maximum atomic E-state index is 5.75. The number of hydrogen-bond acceptors (Lipinski definition) is 4. The molecule has 96 valence electrons. The van der Waals surface area contributed by atoms with E-state index < -0.39 is 0 Å². The number of nitrogens with zero attached hydrogens (tertiary/aromatic N) is 4. The van der Waals surface area contributed by atoms with Crippen LogP contribution < -0.4 is 10.5 Å². The summed E-state index contributed by atoms with van der Waals surface area (Å²) >= 11 is 5.02. The summed E-state index contributed by atoms with van der Waals surface area (Å²) in [5.74, 6) is 1.17. The lowest BCUT2D eigenvalue weighted by Gasteiger charge is -2.05. The monoisotopic (exact) mass is 265 g/mol. The third-order valence-corrected chi connectivity index (χ3v) is 2.77. The molecule has 0 aliphatic carbocycles. The van der Waals surface area contributed by atoms with Crippen molar-refractivity contribution in [2.75, 3.05) is 0 Å². The molecule has 0 saturated heterocycles. The van der Waals surface area contributed by atoms with Crippen LogP contribution in [-0.4, -0.2) is 24.5 Å². The maximum absolute atomic E-state index is 5.75. The number of aryl methyl sites for hydroxylation is 3. The molecule has 0 atom stereocenters. The molecule has 0 amide bonds. The second-order valence-corrected chi connectivity index (χ2v) is 4.33. The topological polar surface area (TPSA) is 70.9 Å². The molecule has 0 aromatic carbocycles. The number of ether oxygens (including phenoxy) is 1. The Bertz CT molecular complexity index is 586. The molecule has 0 fully saturated rings. The van der Waals surface area contributed by atoms with Crippen LogP contribution in [-0.2, 0) is 13.6 Å². The van der Waals surface area contributed by atoms with E-state index in [-0.39, 0.29) is 4.99 Å².